The number of likely N-dealkylation sites (N-methyl/N-ethyl adjacent to an activating group) is 1. The van der Waals surface area contributed by atoms with Gasteiger partial charge in [-0.3, -0.25) is 4.90 Å². The quantitative estimate of drug-likeness (QED) is 0.843. The highest BCUT2D eigenvalue weighted by Gasteiger charge is 2.23. The van der Waals surface area contributed by atoms with Gasteiger partial charge in [-0.25, -0.2) is 0 Å². The Labute approximate surface area is 110 Å². The molecule has 1 aromatic rings. The number of rotatable bonds is 6. The average Bonchev–Trinajstić information content (AvgIpc) is 2.36. The van der Waals surface area contributed by atoms with E-state index in [1.165, 1.54) is 0 Å². The summed E-state index contributed by atoms with van der Waals surface area (Å²) in [5.74, 6) is 0. The van der Waals surface area contributed by atoms with Crippen LogP contribution in [-0.4, -0.2) is 24.0 Å². The molecule has 0 amide bonds. The van der Waals surface area contributed by atoms with Gasteiger partial charge < -0.3 is 5.73 Å². The number of benzene rings is 1. The standard InChI is InChI=1S/C14H23ClN2/c1-4-11(3)17(5-2)14(10-16)12-8-6-7-9-13(12)15/h6-9,11,14H,4-5,10,16H2,1-3H3. The zero-order valence-corrected chi connectivity index (χ0v) is 11.7. The second-order valence-corrected chi connectivity index (χ2v) is 4.77. The summed E-state index contributed by atoms with van der Waals surface area (Å²) in [5.41, 5.74) is 7.08. The van der Waals surface area contributed by atoms with Gasteiger partial charge in [-0.15, -0.1) is 0 Å². The van der Waals surface area contributed by atoms with Gasteiger partial charge in [-0.1, -0.05) is 43.6 Å². The van der Waals surface area contributed by atoms with Gasteiger partial charge in [0.2, 0.25) is 0 Å². The molecule has 2 atom stereocenters. The minimum absolute atomic E-state index is 0.212. The lowest BCUT2D eigenvalue weighted by Gasteiger charge is -2.35. The first-order valence-electron chi connectivity index (χ1n) is 6.35. The van der Waals surface area contributed by atoms with Crippen LogP contribution < -0.4 is 5.73 Å². The smallest absolute Gasteiger partial charge is 0.0487 e. The molecular weight excluding hydrogens is 232 g/mol. The molecule has 3 heteroatoms. The lowest BCUT2D eigenvalue weighted by molar-refractivity contribution is 0.152. The van der Waals surface area contributed by atoms with Crippen molar-refractivity contribution in [2.75, 3.05) is 13.1 Å². The highest BCUT2D eigenvalue weighted by molar-refractivity contribution is 6.31. The molecule has 0 saturated carbocycles. The molecule has 0 aromatic heterocycles. The Balaban J connectivity index is 3.01. The lowest BCUT2D eigenvalue weighted by atomic mass is 10.0. The molecule has 0 radical (unpaired) electrons. The van der Waals surface area contributed by atoms with Crippen LogP contribution in [-0.2, 0) is 0 Å². The Morgan fingerprint density at radius 3 is 2.41 bits per heavy atom. The van der Waals surface area contributed by atoms with Crippen LogP contribution in [0.15, 0.2) is 24.3 Å². The van der Waals surface area contributed by atoms with Crippen molar-refractivity contribution < 1.29 is 0 Å². The van der Waals surface area contributed by atoms with Gasteiger partial charge >= 0.3 is 0 Å². The van der Waals surface area contributed by atoms with Crippen molar-refractivity contribution in [2.45, 2.75) is 39.3 Å². The van der Waals surface area contributed by atoms with E-state index in [-0.39, 0.29) is 6.04 Å². The molecule has 2 nitrogen and oxygen atoms in total. The highest BCUT2D eigenvalue weighted by Crippen LogP contribution is 2.28. The Morgan fingerprint density at radius 1 is 1.29 bits per heavy atom. The average molecular weight is 255 g/mol. The minimum Gasteiger partial charge on any atom is -0.329 e. The summed E-state index contributed by atoms with van der Waals surface area (Å²) >= 11 is 6.26. The zero-order valence-electron chi connectivity index (χ0n) is 11.0. The van der Waals surface area contributed by atoms with E-state index in [9.17, 15) is 0 Å². The molecule has 0 aliphatic rings. The van der Waals surface area contributed by atoms with Crippen LogP contribution in [0.5, 0.6) is 0 Å². The van der Waals surface area contributed by atoms with Gasteiger partial charge in [0.1, 0.15) is 0 Å². The minimum atomic E-state index is 0.212. The van der Waals surface area contributed by atoms with Crippen LogP contribution in [0.25, 0.3) is 0 Å². The molecule has 17 heavy (non-hydrogen) atoms. The molecule has 0 heterocycles. The van der Waals surface area contributed by atoms with Crippen LogP contribution >= 0.6 is 11.6 Å². The molecule has 0 bridgehead atoms. The third kappa shape index (κ3) is 3.44. The number of nitrogens with two attached hydrogens (primary N) is 1. The third-order valence-electron chi connectivity index (χ3n) is 3.41. The monoisotopic (exact) mass is 254 g/mol. The van der Waals surface area contributed by atoms with E-state index in [4.69, 9.17) is 17.3 Å². The van der Waals surface area contributed by atoms with E-state index >= 15 is 0 Å². The summed E-state index contributed by atoms with van der Waals surface area (Å²) in [5, 5.41) is 0.810. The SMILES string of the molecule is CCC(C)N(CC)C(CN)c1ccccc1Cl. The molecule has 0 fully saturated rings. The molecule has 1 aromatic carbocycles. The molecule has 2 N–H and O–H groups in total. The van der Waals surface area contributed by atoms with Crippen LogP contribution in [0.3, 0.4) is 0 Å². The summed E-state index contributed by atoms with van der Waals surface area (Å²) in [6.45, 7) is 8.20. The topological polar surface area (TPSA) is 29.3 Å². The van der Waals surface area contributed by atoms with E-state index in [1.54, 1.807) is 0 Å². The number of hydrogen-bond acceptors (Lipinski definition) is 2. The fourth-order valence-corrected chi connectivity index (χ4v) is 2.52. The molecule has 0 saturated heterocycles. The largest absolute Gasteiger partial charge is 0.329 e. The molecule has 0 aliphatic heterocycles. The number of halogens is 1. The van der Waals surface area contributed by atoms with Crippen molar-refractivity contribution in [3.8, 4) is 0 Å². The van der Waals surface area contributed by atoms with Gasteiger partial charge in [-0.05, 0) is 31.5 Å². The Morgan fingerprint density at radius 2 is 1.94 bits per heavy atom. The Hall–Kier alpha value is -0.570. The maximum Gasteiger partial charge on any atom is 0.0487 e. The fourth-order valence-electron chi connectivity index (χ4n) is 2.26. The van der Waals surface area contributed by atoms with E-state index in [0.29, 0.717) is 12.6 Å². The number of nitrogens with zero attached hydrogens (tertiary/aromatic N) is 1. The molecule has 96 valence electrons. The van der Waals surface area contributed by atoms with Crippen LogP contribution in [0.2, 0.25) is 5.02 Å². The van der Waals surface area contributed by atoms with Crippen LogP contribution in [0.4, 0.5) is 0 Å². The maximum absolute atomic E-state index is 6.26. The highest BCUT2D eigenvalue weighted by atomic mass is 35.5. The lowest BCUT2D eigenvalue weighted by Crippen LogP contribution is -2.39. The maximum atomic E-state index is 6.26. The first kappa shape index (κ1) is 14.5. The summed E-state index contributed by atoms with van der Waals surface area (Å²) < 4.78 is 0. The summed E-state index contributed by atoms with van der Waals surface area (Å²) in [6.07, 6.45) is 1.12. The molecule has 0 aliphatic carbocycles. The van der Waals surface area contributed by atoms with E-state index in [2.05, 4.69) is 31.7 Å². The van der Waals surface area contributed by atoms with Crippen molar-refractivity contribution in [3.63, 3.8) is 0 Å². The second-order valence-electron chi connectivity index (χ2n) is 4.36. The Bertz CT molecular complexity index is 341. The predicted molar refractivity (Wildman–Crippen MR) is 75.4 cm³/mol. The van der Waals surface area contributed by atoms with Crippen molar-refractivity contribution in [3.05, 3.63) is 34.9 Å². The molecule has 2 unspecified atom stereocenters. The summed E-state index contributed by atoms with van der Waals surface area (Å²) in [6, 6.07) is 8.72. The van der Waals surface area contributed by atoms with Crippen molar-refractivity contribution in [1.29, 1.82) is 0 Å². The summed E-state index contributed by atoms with van der Waals surface area (Å²) in [4.78, 5) is 2.42. The molecule has 1 rings (SSSR count). The van der Waals surface area contributed by atoms with Gasteiger partial charge in [0, 0.05) is 23.7 Å². The second kappa shape index (κ2) is 7.00. The van der Waals surface area contributed by atoms with Crippen molar-refractivity contribution >= 4 is 11.6 Å². The van der Waals surface area contributed by atoms with Gasteiger partial charge in [0.15, 0.2) is 0 Å². The number of hydrogen-bond donors (Lipinski definition) is 1. The van der Waals surface area contributed by atoms with Crippen molar-refractivity contribution in [2.24, 2.45) is 5.73 Å². The zero-order chi connectivity index (χ0) is 12.8. The first-order valence-corrected chi connectivity index (χ1v) is 6.73. The van der Waals surface area contributed by atoms with Crippen LogP contribution in [0, 0.1) is 0 Å². The third-order valence-corrected chi connectivity index (χ3v) is 3.75. The fraction of sp³-hybridized carbons (Fsp3) is 0.571. The predicted octanol–water partition coefficient (Wildman–Crippen LogP) is 3.46. The van der Waals surface area contributed by atoms with E-state index in [1.807, 2.05) is 18.2 Å². The van der Waals surface area contributed by atoms with E-state index < -0.39 is 0 Å². The van der Waals surface area contributed by atoms with Gasteiger partial charge in [0.05, 0.1) is 0 Å². The van der Waals surface area contributed by atoms with Crippen LogP contribution in [0.1, 0.15) is 38.8 Å². The van der Waals surface area contributed by atoms with Gasteiger partial charge in [0.25, 0.3) is 0 Å². The first-order chi connectivity index (χ1) is 8.15. The Kier molecular flexibility index (Phi) is 5.96. The molecule has 0 spiro atoms. The van der Waals surface area contributed by atoms with Gasteiger partial charge in [-0.2, -0.15) is 0 Å². The summed E-state index contributed by atoms with van der Waals surface area (Å²) in [7, 11) is 0. The van der Waals surface area contributed by atoms with E-state index in [0.717, 1.165) is 23.6 Å². The molecular formula is C14H23ClN2. The normalized spacial score (nSPS) is 14.9. The van der Waals surface area contributed by atoms with Crippen molar-refractivity contribution in [1.82, 2.24) is 4.90 Å².